The Bertz CT molecular complexity index is 4730. The molecule has 372 valence electrons. The fourth-order valence-corrected chi connectivity index (χ4v) is 15.6. The average Bonchev–Trinajstić information content (AvgIpc) is 4.37. The highest BCUT2D eigenvalue weighted by Crippen LogP contribution is 2.65. The molecule has 14 aromatic rings. The van der Waals surface area contributed by atoms with E-state index in [4.69, 9.17) is 16.0 Å². The second-order valence-electron chi connectivity index (χ2n) is 20.4. The summed E-state index contributed by atoms with van der Waals surface area (Å²) < 4.78 is 9.31. The molecule has 1 atom stereocenters. The van der Waals surface area contributed by atoms with E-state index >= 15 is 0 Å². The summed E-state index contributed by atoms with van der Waals surface area (Å²) in [5.41, 5.74) is 19.2. The molecule has 2 aromatic heterocycles. The molecule has 2 aliphatic rings. The Morgan fingerprint density at radius 1 is 0.354 bits per heavy atom. The lowest BCUT2D eigenvalue weighted by Crippen LogP contribution is -2.32. The number of benzene rings is 12. The van der Waals surface area contributed by atoms with Crippen LogP contribution in [-0.4, -0.2) is 0 Å². The summed E-state index contributed by atoms with van der Waals surface area (Å²) in [5.74, 6) is 0. The Labute approximate surface area is 470 Å². The van der Waals surface area contributed by atoms with E-state index in [0.29, 0.717) is 0 Å². The fourth-order valence-electron chi connectivity index (χ4n) is 12.8. The monoisotopic (exact) mass is 1060 g/mol. The molecule has 0 bridgehead atoms. The van der Waals surface area contributed by atoms with E-state index < -0.39 is 5.41 Å². The summed E-state index contributed by atoms with van der Waals surface area (Å²) in [4.78, 5) is 7.09. The molecule has 0 amide bonds. The van der Waals surface area contributed by atoms with E-state index in [1.807, 2.05) is 23.5 Å². The molecule has 16 rings (SSSR count). The zero-order valence-corrected chi connectivity index (χ0v) is 44.9. The molecule has 0 radical (unpaired) electrons. The van der Waals surface area contributed by atoms with Crippen LogP contribution < -0.4 is 9.80 Å². The van der Waals surface area contributed by atoms with Crippen LogP contribution in [0, 0.1) is 0 Å². The number of para-hydroxylation sites is 3. The second kappa shape index (κ2) is 18.3. The van der Waals surface area contributed by atoms with Gasteiger partial charge in [-0.05, 0) is 129 Å². The Morgan fingerprint density at radius 2 is 0.911 bits per heavy atom. The first-order valence-electron chi connectivity index (χ1n) is 26.7. The predicted octanol–water partition coefficient (Wildman–Crippen LogP) is 21.7. The van der Waals surface area contributed by atoms with Gasteiger partial charge in [0.1, 0.15) is 11.2 Å². The van der Waals surface area contributed by atoms with Crippen LogP contribution in [0.25, 0.3) is 75.5 Å². The Kier molecular flexibility index (Phi) is 10.6. The third kappa shape index (κ3) is 7.07. The standard InChI is InChI=1S/C73H45ClN2OS2/c74-65-35-19-33-63-71(65)79-72-64(34-20-36-66(72)76(49-27-11-4-12-28-49)52-42-56(46-21-5-1-6-22-46)69-59(44-52)54-30-14-17-37-67(54)77-69)73(63)61-32-16-13-29-53(61)58-41-50(39-40-62(58)73)75(48-25-9-3-10-26-48)51-43-57(47-23-7-2-8-24-47)70-60(45-51)55-31-15-18-38-68(55)78-70/h1-45H. The van der Waals surface area contributed by atoms with Gasteiger partial charge < -0.3 is 14.2 Å². The van der Waals surface area contributed by atoms with Crippen LogP contribution in [-0.2, 0) is 5.41 Å². The van der Waals surface area contributed by atoms with Gasteiger partial charge in [0.05, 0.1) is 16.1 Å². The molecule has 3 heterocycles. The average molecular weight is 1070 g/mol. The lowest BCUT2D eigenvalue weighted by Gasteiger charge is -2.41. The van der Waals surface area contributed by atoms with Crippen LogP contribution in [0.5, 0.6) is 0 Å². The lowest BCUT2D eigenvalue weighted by atomic mass is 9.67. The van der Waals surface area contributed by atoms with Crippen LogP contribution in [0.2, 0.25) is 5.02 Å². The lowest BCUT2D eigenvalue weighted by molar-refractivity contribution is 0.670. The molecule has 1 spiro atoms. The zero-order valence-electron chi connectivity index (χ0n) is 42.5. The number of hydrogen-bond acceptors (Lipinski definition) is 5. The van der Waals surface area contributed by atoms with Crippen LogP contribution in [0.15, 0.2) is 287 Å². The fraction of sp³-hybridized carbons (Fsp3) is 0.0137. The summed E-state index contributed by atoms with van der Waals surface area (Å²) in [6.45, 7) is 0. The van der Waals surface area contributed by atoms with Gasteiger partial charge >= 0.3 is 0 Å². The molecule has 0 fully saturated rings. The Morgan fingerprint density at radius 3 is 1.68 bits per heavy atom. The Balaban J connectivity index is 0.941. The first kappa shape index (κ1) is 46.0. The van der Waals surface area contributed by atoms with Crippen molar-refractivity contribution < 1.29 is 4.42 Å². The van der Waals surface area contributed by atoms with Crippen LogP contribution >= 0.6 is 34.7 Å². The maximum absolute atomic E-state index is 7.57. The minimum Gasteiger partial charge on any atom is -0.455 e. The maximum atomic E-state index is 7.57. The number of anilines is 6. The number of hydrogen-bond donors (Lipinski definition) is 0. The smallest absolute Gasteiger partial charge is 0.143 e. The quantitative estimate of drug-likeness (QED) is 0.151. The number of furan rings is 1. The second-order valence-corrected chi connectivity index (χ2v) is 22.9. The van der Waals surface area contributed by atoms with Gasteiger partial charge in [0.15, 0.2) is 0 Å². The third-order valence-corrected chi connectivity index (χ3v) is 19.1. The van der Waals surface area contributed by atoms with Crippen molar-refractivity contribution in [3.63, 3.8) is 0 Å². The zero-order chi connectivity index (χ0) is 52.2. The molecular weight excluding hydrogens is 1020 g/mol. The predicted molar refractivity (Wildman–Crippen MR) is 333 cm³/mol. The topological polar surface area (TPSA) is 19.6 Å². The number of halogens is 1. The highest BCUT2D eigenvalue weighted by Gasteiger charge is 2.51. The first-order chi connectivity index (χ1) is 39.1. The van der Waals surface area contributed by atoms with E-state index in [0.717, 1.165) is 82.0 Å². The minimum atomic E-state index is -0.726. The maximum Gasteiger partial charge on any atom is 0.143 e. The summed E-state index contributed by atoms with van der Waals surface area (Å²) in [5, 5.41) is 5.39. The largest absolute Gasteiger partial charge is 0.455 e. The van der Waals surface area contributed by atoms with Crippen molar-refractivity contribution in [1.29, 1.82) is 0 Å². The van der Waals surface area contributed by atoms with Gasteiger partial charge in [-0.25, -0.2) is 0 Å². The van der Waals surface area contributed by atoms with Gasteiger partial charge in [0, 0.05) is 80.3 Å². The normalized spacial score (nSPS) is 14.1. The molecule has 0 saturated heterocycles. The molecule has 1 aliphatic carbocycles. The van der Waals surface area contributed by atoms with Crippen molar-refractivity contribution in [2.75, 3.05) is 9.80 Å². The van der Waals surface area contributed by atoms with Crippen LogP contribution in [0.3, 0.4) is 0 Å². The SMILES string of the molecule is Clc1cccc2c1Sc1c(N(c3ccccc3)c3cc(-c4ccccc4)c4oc5ccccc5c4c3)cccc1C21c2ccccc2-c2cc(N(c3ccccc3)c3cc(-c4ccccc4)c4sc5ccccc5c4c3)ccc21. The molecule has 79 heavy (non-hydrogen) atoms. The summed E-state index contributed by atoms with van der Waals surface area (Å²) >= 11 is 11.2. The molecule has 6 heteroatoms. The van der Waals surface area contributed by atoms with Crippen molar-refractivity contribution in [1.82, 2.24) is 0 Å². The highest BCUT2D eigenvalue weighted by atomic mass is 35.5. The number of rotatable bonds is 8. The number of nitrogens with zero attached hydrogens (tertiary/aromatic N) is 2. The van der Waals surface area contributed by atoms with Gasteiger partial charge in [0.2, 0.25) is 0 Å². The van der Waals surface area contributed by atoms with Crippen molar-refractivity contribution in [2.24, 2.45) is 0 Å². The van der Waals surface area contributed by atoms with E-state index in [1.165, 1.54) is 64.7 Å². The third-order valence-electron chi connectivity index (χ3n) is 16.1. The van der Waals surface area contributed by atoms with Crippen LogP contribution in [0.1, 0.15) is 22.3 Å². The van der Waals surface area contributed by atoms with Crippen molar-refractivity contribution in [3.05, 3.63) is 300 Å². The molecule has 3 nitrogen and oxygen atoms in total. The first-order valence-corrected chi connectivity index (χ1v) is 28.7. The van der Waals surface area contributed by atoms with Crippen LogP contribution in [0.4, 0.5) is 34.1 Å². The van der Waals surface area contributed by atoms with Gasteiger partial charge in [-0.2, -0.15) is 0 Å². The summed E-state index contributed by atoms with van der Waals surface area (Å²) in [6.07, 6.45) is 0. The summed E-state index contributed by atoms with van der Waals surface area (Å²) in [7, 11) is 0. The van der Waals surface area contributed by atoms with E-state index in [-0.39, 0.29) is 0 Å². The van der Waals surface area contributed by atoms with Gasteiger partial charge in [0.25, 0.3) is 0 Å². The van der Waals surface area contributed by atoms with E-state index in [2.05, 4.69) is 271 Å². The number of fused-ring (bicyclic) bond motifs is 15. The van der Waals surface area contributed by atoms with E-state index in [9.17, 15) is 0 Å². The van der Waals surface area contributed by atoms with Crippen molar-refractivity contribution in [3.8, 4) is 33.4 Å². The van der Waals surface area contributed by atoms with Gasteiger partial charge in [-0.15, -0.1) is 11.3 Å². The van der Waals surface area contributed by atoms with E-state index in [1.54, 1.807) is 11.8 Å². The molecular formula is C73H45ClN2OS2. The number of thiophene rings is 1. The minimum absolute atomic E-state index is 0.726. The highest BCUT2D eigenvalue weighted by molar-refractivity contribution is 7.99. The molecule has 1 aliphatic heterocycles. The molecule has 0 N–H and O–H groups in total. The van der Waals surface area contributed by atoms with Gasteiger partial charge in [-0.3, -0.25) is 0 Å². The summed E-state index contributed by atoms with van der Waals surface area (Å²) in [6, 6.07) is 99.3. The molecule has 1 unspecified atom stereocenters. The van der Waals surface area contributed by atoms with Gasteiger partial charge in [-0.1, -0.05) is 211 Å². The Hall–Kier alpha value is -9.10. The van der Waals surface area contributed by atoms with Crippen molar-refractivity contribution in [2.45, 2.75) is 15.2 Å². The molecule has 12 aromatic carbocycles. The molecule has 0 saturated carbocycles. The van der Waals surface area contributed by atoms with Crippen molar-refractivity contribution >= 4 is 111 Å².